The first-order valence-corrected chi connectivity index (χ1v) is 7.65. The summed E-state index contributed by atoms with van der Waals surface area (Å²) in [4.78, 5) is 16.3. The number of nitrogens with one attached hydrogen (secondary N) is 1. The molecule has 2 rings (SSSR count). The van der Waals surface area contributed by atoms with Crippen LogP contribution in [0.25, 0.3) is 0 Å². The number of benzene rings is 1. The lowest BCUT2D eigenvalue weighted by Crippen LogP contribution is -2.48. The summed E-state index contributed by atoms with van der Waals surface area (Å²) in [5.41, 5.74) is 0.640. The minimum atomic E-state index is -0.202. The Labute approximate surface area is 125 Å². The summed E-state index contributed by atoms with van der Waals surface area (Å²) < 4.78 is 13.4. The van der Waals surface area contributed by atoms with Crippen LogP contribution in [-0.4, -0.2) is 55.0 Å². The summed E-state index contributed by atoms with van der Waals surface area (Å²) in [6.45, 7) is 7.80. The SMILES string of the molecule is CCN1CCN(C(=O)CCNCc2ccccc2F)CC1. The van der Waals surface area contributed by atoms with Gasteiger partial charge in [-0.05, 0) is 12.6 Å². The Morgan fingerprint density at radius 3 is 2.62 bits per heavy atom. The fourth-order valence-corrected chi connectivity index (χ4v) is 2.53. The molecular weight excluding hydrogens is 269 g/mol. The van der Waals surface area contributed by atoms with Crippen LogP contribution in [-0.2, 0) is 11.3 Å². The molecular formula is C16H24FN3O. The van der Waals surface area contributed by atoms with E-state index in [9.17, 15) is 9.18 Å². The van der Waals surface area contributed by atoms with Crippen LogP contribution >= 0.6 is 0 Å². The van der Waals surface area contributed by atoms with E-state index in [1.165, 1.54) is 6.07 Å². The lowest BCUT2D eigenvalue weighted by Gasteiger charge is -2.34. The van der Waals surface area contributed by atoms with E-state index in [4.69, 9.17) is 0 Å². The number of carbonyl (C=O) groups is 1. The van der Waals surface area contributed by atoms with Gasteiger partial charge in [-0.25, -0.2) is 4.39 Å². The van der Waals surface area contributed by atoms with Crippen molar-refractivity contribution >= 4 is 5.91 Å². The van der Waals surface area contributed by atoms with Gasteiger partial charge < -0.3 is 15.1 Å². The molecule has 5 heteroatoms. The smallest absolute Gasteiger partial charge is 0.223 e. The molecule has 0 saturated carbocycles. The number of rotatable bonds is 6. The maximum absolute atomic E-state index is 13.4. The second-order valence-corrected chi connectivity index (χ2v) is 5.33. The fourth-order valence-electron chi connectivity index (χ4n) is 2.53. The Bertz CT molecular complexity index is 459. The predicted octanol–water partition coefficient (Wildman–Crippen LogP) is 1.47. The van der Waals surface area contributed by atoms with Gasteiger partial charge in [0.25, 0.3) is 0 Å². The first-order valence-electron chi connectivity index (χ1n) is 7.65. The fraction of sp³-hybridized carbons (Fsp3) is 0.562. The number of piperazine rings is 1. The van der Waals surface area contributed by atoms with Crippen molar-refractivity contribution in [2.45, 2.75) is 19.9 Å². The lowest BCUT2D eigenvalue weighted by atomic mass is 10.2. The highest BCUT2D eigenvalue weighted by Gasteiger charge is 2.19. The number of hydrogen-bond donors (Lipinski definition) is 1. The zero-order valence-corrected chi connectivity index (χ0v) is 12.6. The molecule has 0 spiro atoms. The summed E-state index contributed by atoms with van der Waals surface area (Å²) in [6, 6.07) is 6.71. The molecule has 1 aliphatic rings. The van der Waals surface area contributed by atoms with E-state index in [1.807, 2.05) is 11.0 Å². The number of carbonyl (C=O) groups excluding carboxylic acids is 1. The molecule has 0 atom stereocenters. The van der Waals surface area contributed by atoms with Gasteiger partial charge in [0.2, 0.25) is 5.91 Å². The van der Waals surface area contributed by atoms with Crippen molar-refractivity contribution in [2.75, 3.05) is 39.3 Å². The predicted molar refractivity (Wildman–Crippen MR) is 81.4 cm³/mol. The molecule has 1 aliphatic heterocycles. The highest BCUT2D eigenvalue weighted by Crippen LogP contribution is 2.06. The van der Waals surface area contributed by atoms with Crippen molar-refractivity contribution < 1.29 is 9.18 Å². The molecule has 1 heterocycles. The average Bonchev–Trinajstić information content (AvgIpc) is 2.53. The topological polar surface area (TPSA) is 35.6 Å². The Kier molecular flexibility index (Phi) is 6.14. The van der Waals surface area contributed by atoms with Crippen LogP contribution in [0.4, 0.5) is 4.39 Å². The van der Waals surface area contributed by atoms with Crippen molar-refractivity contribution in [2.24, 2.45) is 0 Å². The van der Waals surface area contributed by atoms with Gasteiger partial charge in [0.1, 0.15) is 5.82 Å². The normalized spacial score (nSPS) is 16.2. The second-order valence-electron chi connectivity index (χ2n) is 5.33. The van der Waals surface area contributed by atoms with Gasteiger partial charge in [0.15, 0.2) is 0 Å². The van der Waals surface area contributed by atoms with E-state index in [0.717, 1.165) is 32.7 Å². The summed E-state index contributed by atoms with van der Waals surface area (Å²) in [5.74, 6) is -0.0150. The van der Waals surface area contributed by atoms with Crippen LogP contribution in [0, 0.1) is 5.82 Å². The van der Waals surface area contributed by atoms with Crippen LogP contribution in [0.3, 0.4) is 0 Å². The van der Waals surface area contributed by atoms with Crippen molar-refractivity contribution in [1.82, 2.24) is 15.1 Å². The Balaban J connectivity index is 1.65. The first kappa shape index (κ1) is 15.9. The van der Waals surface area contributed by atoms with E-state index in [0.29, 0.717) is 25.1 Å². The molecule has 1 fully saturated rings. The number of amides is 1. The van der Waals surface area contributed by atoms with Crippen LogP contribution in [0.5, 0.6) is 0 Å². The molecule has 1 N–H and O–H groups in total. The number of nitrogens with zero attached hydrogens (tertiary/aromatic N) is 2. The maximum atomic E-state index is 13.4. The quantitative estimate of drug-likeness (QED) is 0.807. The molecule has 0 radical (unpaired) electrons. The van der Waals surface area contributed by atoms with Crippen molar-refractivity contribution in [3.8, 4) is 0 Å². The van der Waals surface area contributed by atoms with Crippen molar-refractivity contribution in [1.29, 1.82) is 0 Å². The third-order valence-electron chi connectivity index (χ3n) is 3.96. The van der Waals surface area contributed by atoms with Gasteiger partial charge in [0.05, 0.1) is 0 Å². The van der Waals surface area contributed by atoms with Gasteiger partial charge in [0, 0.05) is 51.3 Å². The zero-order chi connectivity index (χ0) is 15.1. The molecule has 0 aliphatic carbocycles. The molecule has 116 valence electrons. The Hall–Kier alpha value is -1.46. The van der Waals surface area contributed by atoms with E-state index in [2.05, 4.69) is 17.1 Å². The average molecular weight is 293 g/mol. The van der Waals surface area contributed by atoms with Gasteiger partial charge in [-0.2, -0.15) is 0 Å². The Morgan fingerprint density at radius 1 is 1.24 bits per heavy atom. The largest absolute Gasteiger partial charge is 0.340 e. The van der Waals surface area contributed by atoms with Gasteiger partial charge in [-0.3, -0.25) is 4.79 Å². The monoisotopic (exact) mass is 293 g/mol. The summed E-state index contributed by atoms with van der Waals surface area (Å²) in [6.07, 6.45) is 0.473. The highest BCUT2D eigenvalue weighted by molar-refractivity contribution is 5.76. The van der Waals surface area contributed by atoms with E-state index >= 15 is 0 Å². The van der Waals surface area contributed by atoms with E-state index < -0.39 is 0 Å². The zero-order valence-electron chi connectivity index (χ0n) is 12.6. The highest BCUT2D eigenvalue weighted by atomic mass is 19.1. The maximum Gasteiger partial charge on any atom is 0.223 e. The van der Waals surface area contributed by atoms with Gasteiger partial charge in [-0.1, -0.05) is 25.1 Å². The second kappa shape index (κ2) is 8.10. The summed E-state index contributed by atoms with van der Waals surface area (Å²) in [7, 11) is 0. The molecule has 0 bridgehead atoms. The van der Waals surface area contributed by atoms with Crippen molar-refractivity contribution in [3.63, 3.8) is 0 Å². The third kappa shape index (κ3) is 4.79. The molecule has 1 aromatic rings. The Morgan fingerprint density at radius 2 is 1.95 bits per heavy atom. The minimum Gasteiger partial charge on any atom is -0.340 e. The number of halogens is 1. The molecule has 4 nitrogen and oxygen atoms in total. The summed E-state index contributed by atoms with van der Waals surface area (Å²) in [5, 5.41) is 3.13. The molecule has 1 saturated heterocycles. The molecule has 1 amide bonds. The van der Waals surface area contributed by atoms with Crippen LogP contribution < -0.4 is 5.32 Å². The summed E-state index contributed by atoms with van der Waals surface area (Å²) >= 11 is 0. The standard InChI is InChI=1S/C16H24FN3O/c1-2-19-9-11-20(12-10-19)16(21)7-8-18-13-14-5-3-4-6-15(14)17/h3-6,18H,2,7-13H2,1H3. The van der Waals surface area contributed by atoms with Gasteiger partial charge >= 0.3 is 0 Å². The number of hydrogen-bond acceptors (Lipinski definition) is 3. The van der Waals surface area contributed by atoms with Crippen LogP contribution in [0.2, 0.25) is 0 Å². The first-order chi connectivity index (χ1) is 10.2. The third-order valence-corrected chi connectivity index (χ3v) is 3.96. The number of likely N-dealkylation sites (N-methyl/N-ethyl adjacent to an activating group) is 1. The molecule has 1 aromatic carbocycles. The van der Waals surface area contributed by atoms with Gasteiger partial charge in [-0.15, -0.1) is 0 Å². The lowest BCUT2D eigenvalue weighted by molar-refractivity contribution is -0.132. The van der Waals surface area contributed by atoms with E-state index in [-0.39, 0.29) is 11.7 Å². The van der Waals surface area contributed by atoms with Crippen molar-refractivity contribution in [3.05, 3.63) is 35.6 Å². The van der Waals surface area contributed by atoms with E-state index in [1.54, 1.807) is 12.1 Å². The van der Waals surface area contributed by atoms with Crippen LogP contribution in [0.15, 0.2) is 24.3 Å². The molecule has 0 aromatic heterocycles. The molecule has 0 unspecified atom stereocenters. The minimum absolute atomic E-state index is 0.187. The van der Waals surface area contributed by atoms with Crippen LogP contribution in [0.1, 0.15) is 18.9 Å². The molecule has 21 heavy (non-hydrogen) atoms.